The van der Waals surface area contributed by atoms with E-state index in [1.165, 1.54) is 13.2 Å². The van der Waals surface area contributed by atoms with Crippen LogP contribution in [0.15, 0.2) is 41.3 Å². The van der Waals surface area contributed by atoms with Crippen LogP contribution < -0.4 is 18.9 Å². The van der Waals surface area contributed by atoms with Crippen molar-refractivity contribution >= 4 is 15.9 Å². The molecule has 4 rings (SSSR count). The zero-order valence-corrected chi connectivity index (χ0v) is 20.7. The van der Waals surface area contributed by atoms with Crippen molar-refractivity contribution in [2.75, 3.05) is 27.9 Å². The lowest BCUT2D eigenvalue weighted by molar-refractivity contribution is 0.0734. The second-order valence-electron chi connectivity index (χ2n) is 8.73. The molecular weight excluding hydrogens is 456 g/mol. The van der Waals surface area contributed by atoms with E-state index in [0.717, 1.165) is 44.1 Å². The van der Waals surface area contributed by atoms with Gasteiger partial charge in [0.1, 0.15) is 22.1 Å². The van der Waals surface area contributed by atoms with Crippen LogP contribution in [0, 0.1) is 0 Å². The molecule has 8 nitrogen and oxygen atoms in total. The SMILES string of the molecule is COc1ccc(C2CCCN2C(=O)c2ccc(OC)c(S(=O)(=O)NC3CCCC3)c2)c(OC)c1. The minimum Gasteiger partial charge on any atom is -0.497 e. The normalized spacial score (nSPS) is 18.8. The van der Waals surface area contributed by atoms with Gasteiger partial charge in [-0.2, -0.15) is 0 Å². The zero-order valence-electron chi connectivity index (χ0n) is 19.9. The summed E-state index contributed by atoms with van der Waals surface area (Å²) in [4.78, 5) is 15.4. The number of hydrogen-bond acceptors (Lipinski definition) is 6. The molecule has 1 amide bonds. The predicted molar refractivity (Wildman–Crippen MR) is 128 cm³/mol. The van der Waals surface area contributed by atoms with Crippen LogP contribution >= 0.6 is 0 Å². The van der Waals surface area contributed by atoms with Crippen molar-refractivity contribution in [1.82, 2.24) is 9.62 Å². The Bertz CT molecular complexity index is 1140. The van der Waals surface area contributed by atoms with Gasteiger partial charge in [0, 0.05) is 29.8 Å². The summed E-state index contributed by atoms with van der Waals surface area (Å²) >= 11 is 0. The number of ether oxygens (including phenoxy) is 3. The molecule has 1 heterocycles. The maximum Gasteiger partial charge on any atom is 0.254 e. The lowest BCUT2D eigenvalue weighted by Crippen LogP contribution is -2.33. The van der Waals surface area contributed by atoms with Gasteiger partial charge < -0.3 is 19.1 Å². The van der Waals surface area contributed by atoms with Gasteiger partial charge in [-0.05, 0) is 56.0 Å². The molecule has 0 bridgehead atoms. The van der Waals surface area contributed by atoms with Crippen LogP contribution in [-0.2, 0) is 10.0 Å². The van der Waals surface area contributed by atoms with Crippen molar-refractivity contribution < 1.29 is 27.4 Å². The third kappa shape index (κ3) is 4.86. The van der Waals surface area contributed by atoms with Gasteiger partial charge in [0.25, 0.3) is 5.91 Å². The molecule has 2 aliphatic rings. The zero-order chi connectivity index (χ0) is 24.3. The lowest BCUT2D eigenvalue weighted by Gasteiger charge is -2.27. The molecule has 1 aliphatic heterocycles. The van der Waals surface area contributed by atoms with Gasteiger partial charge in [-0.15, -0.1) is 0 Å². The van der Waals surface area contributed by atoms with E-state index in [0.29, 0.717) is 23.6 Å². The number of likely N-dealkylation sites (tertiary alicyclic amines) is 1. The monoisotopic (exact) mass is 488 g/mol. The van der Waals surface area contributed by atoms with Crippen molar-refractivity contribution in [1.29, 1.82) is 0 Å². The van der Waals surface area contributed by atoms with Gasteiger partial charge in [-0.3, -0.25) is 4.79 Å². The van der Waals surface area contributed by atoms with E-state index in [9.17, 15) is 13.2 Å². The van der Waals surface area contributed by atoms with E-state index in [-0.39, 0.29) is 28.6 Å². The Kier molecular flexibility index (Phi) is 7.33. The van der Waals surface area contributed by atoms with E-state index in [1.54, 1.807) is 31.3 Å². The Hall–Kier alpha value is -2.78. The standard InChI is InChI=1S/C25H32N2O6S/c1-31-19-11-12-20(23(16-19)33-3)21-9-6-14-27(21)25(28)17-10-13-22(32-2)24(15-17)34(29,30)26-18-7-4-5-8-18/h10-13,15-16,18,21,26H,4-9,14H2,1-3H3. The third-order valence-electron chi connectivity index (χ3n) is 6.69. The van der Waals surface area contributed by atoms with Crippen LogP contribution in [0.1, 0.15) is 60.5 Å². The molecule has 2 aromatic rings. The average Bonchev–Trinajstić information content (AvgIpc) is 3.54. The molecule has 9 heteroatoms. The number of carbonyl (C=O) groups is 1. The van der Waals surface area contributed by atoms with E-state index in [4.69, 9.17) is 14.2 Å². The van der Waals surface area contributed by atoms with E-state index >= 15 is 0 Å². The fourth-order valence-corrected chi connectivity index (χ4v) is 6.44. The number of amides is 1. The number of methoxy groups -OCH3 is 3. The Morgan fingerprint density at radius 1 is 0.912 bits per heavy atom. The molecule has 0 aromatic heterocycles. The Morgan fingerprint density at radius 3 is 2.32 bits per heavy atom. The lowest BCUT2D eigenvalue weighted by atomic mass is 10.0. The molecule has 184 valence electrons. The first kappa shape index (κ1) is 24.3. The largest absolute Gasteiger partial charge is 0.497 e. The molecule has 34 heavy (non-hydrogen) atoms. The molecule has 0 spiro atoms. The van der Waals surface area contributed by atoms with Gasteiger partial charge in [-0.1, -0.05) is 12.8 Å². The van der Waals surface area contributed by atoms with E-state index < -0.39 is 10.0 Å². The molecule has 1 atom stereocenters. The summed E-state index contributed by atoms with van der Waals surface area (Å²) in [6, 6.07) is 9.93. The molecule has 1 unspecified atom stereocenters. The molecular formula is C25H32N2O6S. The van der Waals surface area contributed by atoms with Crippen molar-refractivity contribution in [2.24, 2.45) is 0 Å². The Balaban J connectivity index is 1.64. The highest BCUT2D eigenvalue weighted by atomic mass is 32.2. The highest BCUT2D eigenvalue weighted by Crippen LogP contribution is 2.40. The van der Waals surface area contributed by atoms with Crippen LogP contribution in [0.4, 0.5) is 0 Å². The van der Waals surface area contributed by atoms with Crippen LogP contribution in [0.5, 0.6) is 17.2 Å². The third-order valence-corrected chi connectivity index (χ3v) is 8.23. The average molecular weight is 489 g/mol. The smallest absolute Gasteiger partial charge is 0.254 e. The van der Waals surface area contributed by atoms with Crippen molar-refractivity contribution in [3.8, 4) is 17.2 Å². The summed E-state index contributed by atoms with van der Waals surface area (Å²) in [6.07, 6.45) is 5.29. The molecule has 2 fully saturated rings. The summed E-state index contributed by atoms with van der Waals surface area (Å²) in [6.45, 7) is 0.577. The predicted octanol–water partition coefficient (Wildman–Crippen LogP) is 3.91. The van der Waals surface area contributed by atoms with Crippen molar-refractivity contribution in [3.05, 3.63) is 47.5 Å². The number of benzene rings is 2. The van der Waals surface area contributed by atoms with Crippen molar-refractivity contribution in [2.45, 2.75) is 55.5 Å². The van der Waals surface area contributed by atoms with Crippen LogP contribution in [0.25, 0.3) is 0 Å². The second kappa shape index (κ2) is 10.2. The first-order chi connectivity index (χ1) is 16.4. The van der Waals surface area contributed by atoms with Gasteiger partial charge in [-0.25, -0.2) is 13.1 Å². The Labute approximate surface area is 201 Å². The van der Waals surface area contributed by atoms with Gasteiger partial charge in [0.2, 0.25) is 10.0 Å². The Morgan fingerprint density at radius 2 is 1.65 bits per heavy atom. The minimum atomic E-state index is -3.83. The molecule has 0 radical (unpaired) electrons. The number of rotatable bonds is 8. The number of nitrogens with one attached hydrogen (secondary N) is 1. The van der Waals surface area contributed by atoms with Crippen LogP contribution in [0.3, 0.4) is 0 Å². The first-order valence-corrected chi connectivity index (χ1v) is 13.1. The number of nitrogens with zero attached hydrogens (tertiary/aromatic N) is 1. The highest BCUT2D eigenvalue weighted by molar-refractivity contribution is 7.89. The molecule has 1 saturated heterocycles. The number of carbonyl (C=O) groups excluding carboxylic acids is 1. The molecule has 1 saturated carbocycles. The summed E-state index contributed by atoms with van der Waals surface area (Å²) in [5, 5.41) is 0. The first-order valence-electron chi connectivity index (χ1n) is 11.6. The summed E-state index contributed by atoms with van der Waals surface area (Å²) in [7, 11) is 0.787. The minimum absolute atomic E-state index is 0.00877. The summed E-state index contributed by atoms with van der Waals surface area (Å²) in [5.41, 5.74) is 1.21. The fraction of sp³-hybridized carbons (Fsp3) is 0.480. The highest BCUT2D eigenvalue weighted by Gasteiger charge is 2.34. The van der Waals surface area contributed by atoms with Crippen LogP contribution in [0.2, 0.25) is 0 Å². The van der Waals surface area contributed by atoms with Gasteiger partial charge >= 0.3 is 0 Å². The maximum absolute atomic E-state index is 13.6. The topological polar surface area (TPSA) is 94.2 Å². The molecule has 1 N–H and O–H groups in total. The maximum atomic E-state index is 13.6. The number of hydrogen-bond donors (Lipinski definition) is 1. The summed E-state index contributed by atoms with van der Waals surface area (Å²) in [5.74, 6) is 1.33. The molecule has 2 aromatic carbocycles. The van der Waals surface area contributed by atoms with E-state index in [1.807, 2.05) is 18.2 Å². The van der Waals surface area contributed by atoms with Crippen LogP contribution in [-0.4, -0.2) is 53.1 Å². The van der Waals surface area contributed by atoms with E-state index in [2.05, 4.69) is 4.72 Å². The second-order valence-corrected chi connectivity index (χ2v) is 10.4. The van der Waals surface area contributed by atoms with Gasteiger partial charge in [0.05, 0.1) is 27.4 Å². The summed E-state index contributed by atoms with van der Waals surface area (Å²) < 4.78 is 45.3. The number of sulfonamides is 1. The van der Waals surface area contributed by atoms with Gasteiger partial charge in [0.15, 0.2) is 0 Å². The fourth-order valence-electron chi connectivity index (χ4n) is 4.94. The quantitative estimate of drug-likeness (QED) is 0.606. The van der Waals surface area contributed by atoms with Crippen molar-refractivity contribution in [3.63, 3.8) is 0 Å². The molecule has 1 aliphatic carbocycles.